The van der Waals surface area contributed by atoms with E-state index >= 15 is 0 Å². The van der Waals surface area contributed by atoms with Crippen molar-refractivity contribution < 1.29 is 8.78 Å². The summed E-state index contributed by atoms with van der Waals surface area (Å²) in [6.07, 6.45) is 7.99. The first-order valence-electron chi connectivity index (χ1n) is 7.76. The molecule has 1 nitrogen and oxygen atoms in total. The van der Waals surface area contributed by atoms with Crippen LogP contribution < -0.4 is 5.73 Å². The molecule has 1 aliphatic rings. The van der Waals surface area contributed by atoms with E-state index in [4.69, 9.17) is 5.73 Å². The summed E-state index contributed by atoms with van der Waals surface area (Å²) >= 11 is 0. The maximum absolute atomic E-state index is 13.7. The minimum atomic E-state index is -0.470. The van der Waals surface area contributed by atoms with Crippen molar-refractivity contribution in [2.75, 3.05) is 0 Å². The number of hydrogen-bond donors (Lipinski definition) is 1. The maximum atomic E-state index is 13.7. The fourth-order valence-electron chi connectivity index (χ4n) is 3.26. The van der Waals surface area contributed by atoms with Gasteiger partial charge in [-0.3, -0.25) is 0 Å². The molecule has 0 unspecified atom stereocenters. The number of halogens is 2. The third-order valence-electron chi connectivity index (χ3n) is 4.66. The molecule has 2 rings (SSSR count). The lowest BCUT2D eigenvalue weighted by molar-refractivity contribution is 0.219. The molecule has 1 aliphatic carbocycles. The van der Waals surface area contributed by atoms with Gasteiger partial charge in [0.1, 0.15) is 11.6 Å². The highest BCUT2D eigenvalue weighted by molar-refractivity contribution is 5.22. The average Bonchev–Trinajstić information content (AvgIpc) is 2.43. The Morgan fingerprint density at radius 2 is 1.80 bits per heavy atom. The van der Waals surface area contributed by atoms with Crippen molar-refractivity contribution in [2.24, 2.45) is 11.7 Å². The Kier molecular flexibility index (Phi) is 5.14. The number of benzene rings is 1. The van der Waals surface area contributed by atoms with Crippen LogP contribution in [0.3, 0.4) is 0 Å². The van der Waals surface area contributed by atoms with E-state index in [9.17, 15) is 8.78 Å². The summed E-state index contributed by atoms with van der Waals surface area (Å²) in [6, 6.07) is 4.03. The first kappa shape index (κ1) is 15.4. The van der Waals surface area contributed by atoms with Gasteiger partial charge in [-0.25, -0.2) is 8.78 Å². The van der Waals surface area contributed by atoms with Gasteiger partial charge >= 0.3 is 0 Å². The minimum absolute atomic E-state index is 0.155. The van der Waals surface area contributed by atoms with Crippen molar-refractivity contribution in [3.05, 3.63) is 35.4 Å². The smallest absolute Gasteiger partial charge is 0.129 e. The molecular weight excluding hydrogens is 256 g/mol. The molecule has 0 bridgehead atoms. The van der Waals surface area contributed by atoms with Crippen molar-refractivity contribution in [2.45, 2.75) is 63.8 Å². The molecule has 1 saturated carbocycles. The predicted molar refractivity (Wildman–Crippen MR) is 78.5 cm³/mol. The second-order valence-corrected chi connectivity index (χ2v) is 6.32. The molecule has 1 aromatic rings. The first-order chi connectivity index (χ1) is 9.54. The van der Waals surface area contributed by atoms with Crippen LogP contribution in [0.1, 0.15) is 57.4 Å². The molecule has 0 aromatic heterocycles. The summed E-state index contributed by atoms with van der Waals surface area (Å²) in [5, 5.41) is 0. The lowest BCUT2D eigenvalue weighted by Gasteiger charge is -2.37. The molecule has 0 amide bonds. The lowest BCUT2D eigenvalue weighted by Crippen LogP contribution is -2.45. The molecule has 0 saturated heterocycles. The van der Waals surface area contributed by atoms with Gasteiger partial charge < -0.3 is 5.73 Å². The molecule has 0 spiro atoms. The van der Waals surface area contributed by atoms with E-state index in [2.05, 4.69) is 6.92 Å². The van der Waals surface area contributed by atoms with Gasteiger partial charge in [0, 0.05) is 11.1 Å². The van der Waals surface area contributed by atoms with Crippen LogP contribution in [0.2, 0.25) is 0 Å². The number of hydrogen-bond acceptors (Lipinski definition) is 1. The minimum Gasteiger partial charge on any atom is -0.325 e. The molecule has 1 fully saturated rings. The van der Waals surface area contributed by atoms with E-state index in [1.54, 1.807) is 0 Å². The molecule has 0 atom stereocenters. The summed E-state index contributed by atoms with van der Waals surface area (Å²) in [6.45, 7) is 2.21. The molecule has 0 heterocycles. The van der Waals surface area contributed by atoms with E-state index in [0.29, 0.717) is 6.42 Å². The highest BCUT2D eigenvalue weighted by Crippen LogP contribution is 2.35. The van der Waals surface area contributed by atoms with E-state index < -0.39 is 17.2 Å². The van der Waals surface area contributed by atoms with Crippen molar-refractivity contribution in [1.29, 1.82) is 0 Å². The van der Waals surface area contributed by atoms with Crippen molar-refractivity contribution >= 4 is 0 Å². The van der Waals surface area contributed by atoms with Gasteiger partial charge in [-0.15, -0.1) is 0 Å². The summed E-state index contributed by atoms with van der Waals surface area (Å²) in [7, 11) is 0. The first-order valence-corrected chi connectivity index (χ1v) is 7.76. The molecule has 0 radical (unpaired) electrons. The Bertz CT molecular complexity index is 416. The van der Waals surface area contributed by atoms with Gasteiger partial charge in [-0.05, 0) is 50.2 Å². The standard InChI is InChI=1S/C17H25F2N/c1-2-3-5-13-8-10-17(20,11-9-13)12-14-15(18)6-4-7-16(14)19/h4,6-7,13H,2-3,5,8-12,20H2,1H3. The molecule has 0 aliphatic heterocycles. The van der Waals surface area contributed by atoms with Crippen LogP contribution in [-0.4, -0.2) is 5.54 Å². The van der Waals surface area contributed by atoms with Crippen LogP contribution >= 0.6 is 0 Å². The van der Waals surface area contributed by atoms with Gasteiger partial charge in [-0.2, -0.15) is 0 Å². The number of rotatable bonds is 5. The zero-order valence-corrected chi connectivity index (χ0v) is 12.3. The van der Waals surface area contributed by atoms with Crippen LogP contribution in [0.25, 0.3) is 0 Å². The zero-order chi connectivity index (χ0) is 14.6. The van der Waals surface area contributed by atoms with Crippen LogP contribution in [0, 0.1) is 17.6 Å². The fraction of sp³-hybridized carbons (Fsp3) is 0.647. The summed E-state index contributed by atoms with van der Waals surface area (Å²) in [4.78, 5) is 0. The van der Waals surface area contributed by atoms with Gasteiger partial charge in [0.25, 0.3) is 0 Å². The molecule has 1 aromatic carbocycles. The summed E-state index contributed by atoms with van der Waals surface area (Å²) in [5.41, 5.74) is 6.10. The molecule has 20 heavy (non-hydrogen) atoms. The maximum Gasteiger partial charge on any atom is 0.129 e. The number of unbranched alkanes of at least 4 members (excludes halogenated alkanes) is 1. The Morgan fingerprint density at radius 1 is 1.20 bits per heavy atom. The van der Waals surface area contributed by atoms with Gasteiger partial charge in [-0.1, -0.05) is 32.3 Å². The van der Waals surface area contributed by atoms with Crippen LogP contribution in [0.4, 0.5) is 8.78 Å². The van der Waals surface area contributed by atoms with Gasteiger partial charge in [0.15, 0.2) is 0 Å². The van der Waals surface area contributed by atoms with E-state index in [0.717, 1.165) is 31.6 Å². The summed E-state index contributed by atoms with van der Waals surface area (Å²) in [5.74, 6) is -0.192. The van der Waals surface area contributed by atoms with Crippen LogP contribution in [0.15, 0.2) is 18.2 Å². The second-order valence-electron chi connectivity index (χ2n) is 6.32. The fourth-order valence-corrected chi connectivity index (χ4v) is 3.26. The van der Waals surface area contributed by atoms with E-state index in [-0.39, 0.29) is 5.56 Å². The van der Waals surface area contributed by atoms with Crippen LogP contribution in [-0.2, 0) is 6.42 Å². The largest absolute Gasteiger partial charge is 0.325 e. The van der Waals surface area contributed by atoms with Gasteiger partial charge in [0.2, 0.25) is 0 Å². The monoisotopic (exact) mass is 281 g/mol. The Balaban J connectivity index is 1.96. The Morgan fingerprint density at radius 3 is 2.35 bits per heavy atom. The topological polar surface area (TPSA) is 26.0 Å². The number of nitrogens with two attached hydrogens (primary N) is 1. The van der Waals surface area contributed by atoms with Crippen LogP contribution in [0.5, 0.6) is 0 Å². The molecule has 2 N–H and O–H groups in total. The van der Waals surface area contributed by atoms with E-state index in [1.165, 1.54) is 37.5 Å². The zero-order valence-electron chi connectivity index (χ0n) is 12.3. The van der Waals surface area contributed by atoms with Crippen molar-refractivity contribution in [3.63, 3.8) is 0 Å². The quantitative estimate of drug-likeness (QED) is 0.839. The average molecular weight is 281 g/mol. The highest BCUT2D eigenvalue weighted by Gasteiger charge is 2.33. The second kappa shape index (κ2) is 6.66. The predicted octanol–water partition coefficient (Wildman–Crippen LogP) is 4.59. The molecule has 112 valence electrons. The van der Waals surface area contributed by atoms with Gasteiger partial charge in [0.05, 0.1) is 0 Å². The van der Waals surface area contributed by atoms with Crippen molar-refractivity contribution in [1.82, 2.24) is 0 Å². The third kappa shape index (κ3) is 3.78. The third-order valence-corrected chi connectivity index (χ3v) is 4.66. The highest BCUT2D eigenvalue weighted by atomic mass is 19.1. The van der Waals surface area contributed by atoms with Crippen molar-refractivity contribution in [3.8, 4) is 0 Å². The van der Waals surface area contributed by atoms with E-state index in [1.807, 2.05) is 0 Å². The Labute approximate surface area is 120 Å². The summed E-state index contributed by atoms with van der Waals surface area (Å²) < 4.78 is 27.4. The Hall–Kier alpha value is -0.960. The normalized spacial score (nSPS) is 26.7. The molecule has 3 heteroatoms. The SMILES string of the molecule is CCCCC1CCC(N)(Cc2c(F)cccc2F)CC1. The molecular formula is C17H25F2N. The lowest BCUT2D eigenvalue weighted by atomic mass is 9.73.